The fourth-order valence-corrected chi connectivity index (χ4v) is 4.06. The first-order valence-electron chi connectivity index (χ1n) is 7.67. The van der Waals surface area contributed by atoms with Crippen LogP contribution in [-0.4, -0.2) is 55.2 Å². The van der Waals surface area contributed by atoms with Crippen molar-refractivity contribution in [1.29, 1.82) is 0 Å². The maximum Gasteiger partial charge on any atom is 0.253 e. The molecule has 0 aromatic carbocycles. The van der Waals surface area contributed by atoms with E-state index in [-0.39, 0.29) is 17.9 Å². The predicted octanol–water partition coefficient (Wildman–Crippen LogP) is 0.768. The smallest absolute Gasteiger partial charge is 0.253 e. The van der Waals surface area contributed by atoms with Gasteiger partial charge < -0.3 is 10.1 Å². The Kier molecular flexibility index (Phi) is 4.39. The predicted molar refractivity (Wildman–Crippen MR) is 85.4 cm³/mol. The summed E-state index contributed by atoms with van der Waals surface area (Å²) in [6.45, 7) is 2.66. The van der Waals surface area contributed by atoms with E-state index in [9.17, 15) is 13.2 Å². The van der Waals surface area contributed by atoms with Crippen LogP contribution in [0.1, 0.15) is 18.5 Å². The molecule has 3 heterocycles. The van der Waals surface area contributed by atoms with Crippen molar-refractivity contribution < 1.29 is 17.9 Å². The summed E-state index contributed by atoms with van der Waals surface area (Å²) in [5, 5.41) is 2.84. The number of hydrogen-bond acceptors (Lipinski definition) is 5. The highest BCUT2D eigenvalue weighted by Crippen LogP contribution is 2.34. The van der Waals surface area contributed by atoms with Gasteiger partial charge in [0.05, 0.1) is 23.7 Å². The van der Waals surface area contributed by atoms with Crippen LogP contribution in [0.2, 0.25) is 0 Å². The molecule has 8 heteroatoms. The lowest BCUT2D eigenvalue weighted by molar-refractivity contribution is -0.127. The van der Waals surface area contributed by atoms with E-state index in [1.807, 2.05) is 6.92 Å². The maximum atomic E-state index is 12.4. The third-order valence-electron chi connectivity index (χ3n) is 4.54. The van der Waals surface area contributed by atoms with Gasteiger partial charge in [-0.3, -0.25) is 9.78 Å². The molecule has 2 aliphatic rings. The summed E-state index contributed by atoms with van der Waals surface area (Å²) < 4.78 is 30.6. The molecule has 1 N–H and O–H groups in total. The van der Waals surface area contributed by atoms with Crippen molar-refractivity contribution in [2.75, 3.05) is 24.7 Å². The van der Waals surface area contributed by atoms with E-state index in [1.54, 1.807) is 18.3 Å². The quantitative estimate of drug-likeness (QED) is 0.878. The summed E-state index contributed by atoms with van der Waals surface area (Å²) in [7, 11) is -3.21. The SMILES string of the molecule is Cc1ncccc1NC(=O)[C@@H]1C[C@H]2CCN(S(C)(=O)=O)C[C@H]2O1. The van der Waals surface area contributed by atoms with Gasteiger partial charge in [-0.05, 0) is 37.8 Å². The van der Waals surface area contributed by atoms with Gasteiger partial charge in [0, 0.05) is 19.3 Å². The summed E-state index contributed by atoms with van der Waals surface area (Å²) in [6.07, 6.45) is 3.50. The van der Waals surface area contributed by atoms with Crippen molar-refractivity contribution >= 4 is 21.6 Å². The zero-order valence-electron chi connectivity index (χ0n) is 13.2. The van der Waals surface area contributed by atoms with Gasteiger partial charge in [0.1, 0.15) is 6.10 Å². The molecule has 0 aliphatic carbocycles. The molecular formula is C15H21N3O4S. The first-order valence-corrected chi connectivity index (χ1v) is 9.52. The van der Waals surface area contributed by atoms with Crippen molar-refractivity contribution in [2.24, 2.45) is 5.92 Å². The topological polar surface area (TPSA) is 88.6 Å². The molecule has 0 radical (unpaired) electrons. The van der Waals surface area contributed by atoms with Crippen molar-refractivity contribution in [3.63, 3.8) is 0 Å². The van der Waals surface area contributed by atoms with Gasteiger partial charge in [0.25, 0.3) is 5.91 Å². The van der Waals surface area contributed by atoms with E-state index in [4.69, 9.17) is 4.74 Å². The number of rotatable bonds is 3. The van der Waals surface area contributed by atoms with Crippen LogP contribution in [0.3, 0.4) is 0 Å². The molecule has 0 bridgehead atoms. The zero-order valence-corrected chi connectivity index (χ0v) is 14.0. The second-order valence-corrected chi connectivity index (χ2v) is 8.18. The van der Waals surface area contributed by atoms with E-state index in [0.717, 1.165) is 12.1 Å². The summed E-state index contributed by atoms with van der Waals surface area (Å²) in [6, 6.07) is 3.56. The van der Waals surface area contributed by atoms with Gasteiger partial charge in [0.15, 0.2) is 0 Å². The number of nitrogens with one attached hydrogen (secondary N) is 1. The average Bonchev–Trinajstić information content (AvgIpc) is 2.92. The zero-order chi connectivity index (χ0) is 16.6. The lowest BCUT2D eigenvalue weighted by Crippen LogP contribution is -2.44. The second-order valence-electron chi connectivity index (χ2n) is 6.19. The fraction of sp³-hybridized carbons (Fsp3) is 0.600. The van der Waals surface area contributed by atoms with Gasteiger partial charge in [0.2, 0.25) is 10.0 Å². The summed E-state index contributed by atoms with van der Waals surface area (Å²) in [4.78, 5) is 16.5. The molecule has 2 fully saturated rings. The van der Waals surface area contributed by atoms with Gasteiger partial charge in [-0.25, -0.2) is 8.42 Å². The monoisotopic (exact) mass is 339 g/mol. The highest BCUT2D eigenvalue weighted by molar-refractivity contribution is 7.88. The number of carbonyl (C=O) groups excluding carboxylic acids is 1. The molecule has 0 saturated carbocycles. The molecule has 3 atom stereocenters. The second kappa shape index (κ2) is 6.18. The number of piperidine rings is 1. The normalized spacial score (nSPS) is 28.3. The van der Waals surface area contributed by atoms with E-state index >= 15 is 0 Å². The average molecular weight is 339 g/mol. The fourth-order valence-electron chi connectivity index (χ4n) is 3.20. The van der Waals surface area contributed by atoms with Crippen molar-refractivity contribution in [3.8, 4) is 0 Å². The van der Waals surface area contributed by atoms with Crippen LogP contribution in [0.5, 0.6) is 0 Å². The Hall–Kier alpha value is -1.51. The largest absolute Gasteiger partial charge is 0.363 e. The van der Waals surface area contributed by atoms with Crippen LogP contribution >= 0.6 is 0 Å². The Morgan fingerprint density at radius 2 is 2.26 bits per heavy atom. The van der Waals surface area contributed by atoms with Crippen LogP contribution in [0.4, 0.5) is 5.69 Å². The lowest BCUT2D eigenvalue weighted by Gasteiger charge is -2.32. The molecule has 0 spiro atoms. The number of aryl methyl sites for hydroxylation is 1. The Balaban J connectivity index is 1.64. The number of fused-ring (bicyclic) bond motifs is 1. The molecule has 7 nitrogen and oxygen atoms in total. The van der Waals surface area contributed by atoms with E-state index in [2.05, 4.69) is 10.3 Å². The van der Waals surface area contributed by atoms with Crippen molar-refractivity contribution in [3.05, 3.63) is 24.0 Å². The first-order chi connectivity index (χ1) is 10.8. The van der Waals surface area contributed by atoms with E-state index in [1.165, 1.54) is 10.6 Å². The molecule has 23 heavy (non-hydrogen) atoms. The molecule has 1 amide bonds. The lowest BCUT2D eigenvalue weighted by atomic mass is 9.93. The Labute approximate surface area is 136 Å². The number of anilines is 1. The standard InChI is InChI=1S/C15H21N3O4S/c1-10-12(4-3-6-16-10)17-15(19)13-8-11-5-7-18(23(2,20)21)9-14(11)22-13/h3-4,6,11,13-14H,5,7-9H2,1-2H3,(H,17,19)/t11-,13+,14-/m1/s1. The number of amides is 1. The molecule has 126 valence electrons. The Bertz CT molecular complexity index is 706. The van der Waals surface area contributed by atoms with Gasteiger partial charge in [-0.2, -0.15) is 4.31 Å². The first kappa shape index (κ1) is 16.4. The van der Waals surface area contributed by atoms with Crippen molar-refractivity contribution in [1.82, 2.24) is 9.29 Å². The van der Waals surface area contributed by atoms with E-state index in [0.29, 0.717) is 25.2 Å². The number of ether oxygens (including phenoxy) is 1. The Morgan fingerprint density at radius 1 is 1.48 bits per heavy atom. The molecule has 1 aromatic rings. The minimum absolute atomic E-state index is 0.193. The van der Waals surface area contributed by atoms with Gasteiger partial charge in [-0.1, -0.05) is 0 Å². The minimum atomic E-state index is -3.21. The molecule has 2 saturated heterocycles. The van der Waals surface area contributed by atoms with Crippen LogP contribution in [0.15, 0.2) is 18.3 Å². The third-order valence-corrected chi connectivity index (χ3v) is 5.81. The highest BCUT2D eigenvalue weighted by Gasteiger charge is 2.43. The number of sulfonamides is 1. The molecule has 2 aliphatic heterocycles. The number of pyridine rings is 1. The van der Waals surface area contributed by atoms with Crippen LogP contribution in [0.25, 0.3) is 0 Å². The number of nitrogens with zero attached hydrogens (tertiary/aromatic N) is 2. The summed E-state index contributed by atoms with van der Waals surface area (Å²) >= 11 is 0. The summed E-state index contributed by atoms with van der Waals surface area (Å²) in [5.74, 6) is 0.0418. The maximum absolute atomic E-state index is 12.4. The Morgan fingerprint density at radius 3 is 2.96 bits per heavy atom. The minimum Gasteiger partial charge on any atom is -0.363 e. The van der Waals surface area contributed by atoms with Crippen LogP contribution in [-0.2, 0) is 19.6 Å². The highest BCUT2D eigenvalue weighted by atomic mass is 32.2. The molecular weight excluding hydrogens is 318 g/mol. The van der Waals surface area contributed by atoms with Gasteiger partial charge in [-0.15, -0.1) is 0 Å². The van der Waals surface area contributed by atoms with Crippen molar-refractivity contribution in [2.45, 2.75) is 32.0 Å². The third kappa shape index (κ3) is 3.54. The number of aromatic nitrogens is 1. The molecule has 3 rings (SSSR count). The van der Waals surface area contributed by atoms with Crippen LogP contribution < -0.4 is 5.32 Å². The molecule has 0 unspecified atom stereocenters. The summed E-state index contributed by atoms with van der Waals surface area (Å²) in [5.41, 5.74) is 1.42. The van der Waals surface area contributed by atoms with Gasteiger partial charge >= 0.3 is 0 Å². The van der Waals surface area contributed by atoms with Crippen LogP contribution in [0, 0.1) is 12.8 Å². The molecule has 1 aromatic heterocycles. The number of carbonyl (C=O) groups is 1. The number of hydrogen-bond donors (Lipinski definition) is 1. The van der Waals surface area contributed by atoms with E-state index < -0.39 is 16.1 Å².